The number of hydrogen-bond acceptors (Lipinski definition) is 3. The average molecular weight is 222 g/mol. The predicted octanol–water partition coefficient (Wildman–Crippen LogP) is 1.59. The molecule has 1 fully saturated rings. The first-order valence-corrected chi connectivity index (χ1v) is 6.05. The van der Waals surface area contributed by atoms with Crippen molar-refractivity contribution in [1.29, 1.82) is 0 Å². The second kappa shape index (κ2) is 4.45. The van der Waals surface area contributed by atoms with E-state index in [4.69, 9.17) is 5.73 Å². The summed E-state index contributed by atoms with van der Waals surface area (Å²) in [7, 11) is 0. The molecule has 0 spiro atoms. The van der Waals surface area contributed by atoms with Crippen LogP contribution >= 0.6 is 0 Å². The molecular weight excluding hydrogens is 200 g/mol. The van der Waals surface area contributed by atoms with E-state index in [1.807, 2.05) is 10.9 Å². The van der Waals surface area contributed by atoms with Gasteiger partial charge in [-0.15, -0.1) is 0 Å². The van der Waals surface area contributed by atoms with Crippen LogP contribution in [0.2, 0.25) is 0 Å². The summed E-state index contributed by atoms with van der Waals surface area (Å²) in [5.74, 6) is 0. The smallest absolute Gasteiger partial charge is 0.0719 e. The summed E-state index contributed by atoms with van der Waals surface area (Å²) in [5, 5.41) is 4.19. The van der Waals surface area contributed by atoms with Crippen LogP contribution < -0.4 is 5.73 Å². The fourth-order valence-corrected chi connectivity index (χ4v) is 2.13. The molecule has 1 saturated heterocycles. The summed E-state index contributed by atoms with van der Waals surface area (Å²) in [5.41, 5.74) is 6.91. The molecule has 4 nitrogen and oxygen atoms in total. The standard InChI is InChI=1S/C12H22N4/c1-12(2)3-5-15(6-4-12)7-8-16-10-11(13)9-14-16/h9-10H,3-8,13H2,1-2H3. The Kier molecular flexibility index (Phi) is 3.19. The van der Waals surface area contributed by atoms with Crippen LogP contribution in [0.1, 0.15) is 26.7 Å². The molecule has 16 heavy (non-hydrogen) atoms. The van der Waals surface area contributed by atoms with Gasteiger partial charge < -0.3 is 10.6 Å². The molecule has 1 aliphatic heterocycles. The number of hydrogen-bond donors (Lipinski definition) is 1. The van der Waals surface area contributed by atoms with E-state index in [-0.39, 0.29) is 0 Å². The Morgan fingerprint density at radius 2 is 2.00 bits per heavy atom. The van der Waals surface area contributed by atoms with Crippen LogP contribution in [0, 0.1) is 5.41 Å². The Morgan fingerprint density at radius 1 is 1.31 bits per heavy atom. The number of nitrogens with two attached hydrogens (primary N) is 1. The number of anilines is 1. The van der Waals surface area contributed by atoms with Gasteiger partial charge in [-0.1, -0.05) is 13.8 Å². The largest absolute Gasteiger partial charge is 0.396 e. The summed E-state index contributed by atoms with van der Waals surface area (Å²) in [6.45, 7) is 9.17. The van der Waals surface area contributed by atoms with Gasteiger partial charge in [-0.25, -0.2) is 0 Å². The highest BCUT2D eigenvalue weighted by molar-refractivity contribution is 5.30. The Balaban J connectivity index is 1.75. The van der Waals surface area contributed by atoms with Gasteiger partial charge in [0.05, 0.1) is 18.4 Å². The summed E-state index contributed by atoms with van der Waals surface area (Å²) in [6, 6.07) is 0. The normalized spacial score (nSPS) is 21.1. The van der Waals surface area contributed by atoms with Crippen LogP contribution in [0.15, 0.2) is 12.4 Å². The molecule has 0 aliphatic carbocycles. The molecule has 0 atom stereocenters. The summed E-state index contributed by atoms with van der Waals surface area (Å²) in [6.07, 6.45) is 6.20. The lowest BCUT2D eigenvalue weighted by atomic mass is 9.83. The summed E-state index contributed by atoms with van der Waals surface area (Å²) < 4.78 is 1.93. The van der Waals surface area contributed by atoms with Crippen molar-refractivity contribution < 1.29 is 0 Å². The number of piperidine rings is 1. The van der Waals surface area contributed by atoms with Gasteiger partial charge in [0, 0.05) is 12.7 Å². The zero-order valence-corrected chi connectivity index (χ0v) is 10.3. The third-order valence-corrected chi connectivity index (χ3v) is 3.51. The van der Waals surface area contributed by atoms with E-state index >= 15 is 0 Å². The summed E-state index contributed by atoms with van der Waals surface area (Å²) >= 11 is 0. The van der Waals surface area contributed by atoms with Crippen LogP contribution in [0.4, 0.5) is 5.69 Å². The molecule has 0 unspecified atom stereocenters. The Labute approximate surface area is 97.4 Å². The first-order chi connectivity index (χ1) is 7.55. The minimum absolute atomic E-state index is 0.534. The van der Waals surface area contributed by atoms with Crippen LogP contribution in [0.5, 0.6) is 0 Å². The van der Waals surface area contributed by atoms with Crippen LogP contribution in [-0.4, -0.2) is 34.3 Å². The summed E-state index contributed by atoms with van der Waals surface area (Å²) in [4.78, 5) is 2.52. The monoisotopic (exact) mass is 222 g/mol. The molecule has 1 aromatic heterocycles. The molecule has 0 saturated carbocycles. The second-order valence-corrected chi connectivity index (χ2v) is 5.54. The van der Waals surface area contributed by atoms with Gasteiger partial charge in [-0.05, 0) is 31.3 Å². The molecule has 2 heterocycles. The maximum atomic E-state index is 5.63. The quantitative estimate of drug-likeness (QED) is 0.844. The van der Waals surface area contributed by atoms with Crippen molar-refractivity contribution in [3.05, 3.63) is 12.4 Å². The Bertz CT molecular complexity index is 333. The van der Waals surface area contributed by atoms with Crippen LogP contribution in [0.3, 0.4) is 0 Å². The molecule has 0 aromatic carbocycles. The maximum Gasteiger partial charge on any atom is 0.0719 e. The average Bonchev–Trinajstić information content (AvgIpc) is 2.63. The van der Waals surface area contributed by atoms with Gasteiger partial charge in [0.2, 0.25) is 0 Å². The van der Waals surface area contributed by atoms with E-state index < -0.39 is 0 Å². The van der Waals surface area contributed by atoms with Crippen molar-refractivity contribution in [3.63, 3.8) is 0 Å². The van der Waals surface area contributed by atoms with Gasteiger partial charge in [-0.2, -0.15) is 5.10 Å². The van der Waals surface area contributed by atoms with Crippen LogP contribution in [-0.2, 0) is 6.54 Å². The van der Waals surface area contributed by atoms with Crippen molar-refractivity contribution in [1.82, 2.24) is 14.7 Å². The molecule has 0 bridgehead atoms. The highest BCUT2D eigenvalue weighted by Crippen LogP contribution is 2.29. The first kappa shape index (κ1) is 11.5. The lowest BCUT2D eigenvalue weighted by molar-refractivity contribution is 0.128. The van der Waals surface area contributed by atoms with Gasteiger partial charge in [0.1, 0.15) is 0 Å². The van der Waals surface area contributed by atoms with Crippen molar-refractivity contribution in [2.75, 3.05) is 25.4 Å². The third kappa shape index (κ3) is 2.98. The van der Waals surface area contributed by atoms with E-state index in [0.29, 0.717) is 5.41 Å². The highest BCUT2D eigenvalue weighted by atomic mass is 15.3. The molecule has 2 rings (SSSR count). The zero-order chi connectivity index (χ0) is 11.6. The second-order valence-electron chi connectivity index (χ2n) is 5.54. The van der Waals surface area contributed by atoms with Gasteiger partial charge in [0.15, 0.2) is 0 Å². The molecule has 2 N–H and O–H groups in total. The van der Waals surface area contributed by atoms with Crippen LogP contribution in [0.25, 0.3) is 0 Å². The maximum absolute atomic E-state index is 5.63. The fraction of sp³-hybridized carbons (Fsp3) is 0.750. The molecule has 90 valence electrons. The first-order valence-electron chi connectivity index (χ1n) is 6.05. The SMILES string of the molecule is CC1(C)CCN(CCn2cc(N)cn2)CC1. The molecule has 1 aromatic rings. The van der Waals surface area contributed by atoms with E-state index in [2.05, 4.69) is 23.8 Å². The molecule has 1 aliphatic rings. The molecule has 0 radical (unpaired) electrons. The lowest BCUT2D eigenvalue weighted by Gasteiger charge is -2.36. The topological polar surface area (TPSA) is 47.1 Å². The van der Waals surface area contributed by atoms with Crippen molar-refractivity contribution in [2.24, 2.45) is 5.41 Å². The lowest BCUT2D eigenvalue weighted by Crippen LogP contribution is -2.38. The minimum atomic E-state index is 0.534. The minimum Gasteiger partial charge on any atom is -0.396 e. The Morgan fingerprint density at radius 3 is 2.56 bits per heavy atom. The molecular formula is C12H22N4. The van der Waals surface area contributed by atoms with Crippen molar-refractivity contribution in [2.45, 2.75) is 33.2 Å². The zero-order valence-electron chi connectivity index (χ0n) is 10.3. The van der Waals surface area contributed by atoms with E-state index in [0.717, 1.165) is 18.8 Å². The number of rotatable bonds is 3. The van der Waals surface area contributed by atoms with Gasteiger partial charge in [-0.3, -0.25) is 4.68 Å². The van der Waals surface area contributed by atoms with Gasteiger partial charge >= 0.3 is 0 Å². The van der Waals surface area contributed by atoms with E-state index in [9.17, 15) is 0 Å². The predicted molar refractivity (Wildman–Crippen MR) is 66.1 cm³/mol. The number of nitrogen functional groups attached to an aromatic ring is 1. The number of aromatic nitrogens is 2. The van der Waals surface area contributed by atoms with Crippen molar-refractivity contribution in [3.8, 4) is 0 Å². The molecule has 4 heteroatoms. The fourth-order valence-electron chi connectivity index (χ4n) is 2.13. The van der Waals surface area contributed by atoms with E-state index in [1.165, 1.54) is 25.9 Å². The van der Waals surface area contributed by atoms with Gasteiger partial charge in [0.25, 0.3) is 0 Å². The number of likely N-dealkylation sites (tertiary alicyclic amines) is 1. The molecule has 0 amide bonds. The Hall–Kier alpha value is -1.03. The number of nitrogens with zero attached hydrogens (tertiary/aromatic N) is 3. The third-order valence-electron chi connectivity index (χ3n) is 3.51. The van der Waals surface area contributed by atoms with Crippen molar-refractivity contribution >= 4 is 5.69 Å². The van der Waals surface area contributed by atoms with E-state index in [1.54, 1.807) is 6.20 Å². The highest BCUT2D eigenvalue weighted by Gasteiger charge is 2.24.